The SMILES string of the molecule is C=CCn1cnnc1SCC1=C(C(=O)OC)[C@@H](c2ccccc2)NC(=O)N1C1CC1. The van der Waals surface area contributed by atoms with Crippen LogP contribution in [0, 0.1) is 0 Å². The van der Waals surface area contributed by atoms with Gasteiger partial charge in [-0.25, -0.2) is 9.59 Å². The molecule has 0 unspecified atom stereocenters. The molecule has 2 aliphatic rings. The molecule has 30 heavy (non-hydrogen) atoms. The Hall–Kier alpha value is -3.07. The van der Waals surface area contributed by atoms with Gasteiger partial charge in [0.1, 0.15) is 6.33 Å². The zero-order chi connectivity index (χ0) is 21.1. The van der Waals surface area contributed by atoms with Gasteiger partial charge in [0.15, 0.2) is 5.16 Å². The van der Waals surface area contributed by atoms with Crippen molar-refractivity contribution in [2.75, 3.05) is 12.9 Å². The minimum Gasteiger partial charge on any atom is -0.466 e. The third-order valence-electron chi connectivity index (χ3n) is 5.07. The van der Waals surface area contributed by atoms with Gasteiger partial charge in [-0.1, -0.05) is 48.2 Å². The minimum atomic E-state index is -0.567. The second-order valence-corrected chi connectivity index (χ2v) is 8.03. The number of nitrogens with one attached hydrogen (secondary N) is 1. The molecule has 0 spiro atoms. The smallest absolute Gasteiger partial charge is 0.338 e. The third-order valence-corrected chi connectivity index (χ3v) is 6.06. The van der Waals surface area contributed by atoms with Crippen molar-refractivity contribution in [3.05, 3.63) is 66.1 Å². The quantitative estimate of drug-likeness (QED) is 0.397. The zero-order valence-corrected chi connectivity index (χ0v) is 17.5. The van der Waals surface area contributed by atoms with Gasteiger partial charge in [-0.2, -0.15) is 0 Å². The van der Waals surface area contributed by atoms with Crippen LogP contribution in [0.2, 0.25) is 0 Å². The van der Waals surface area contributed by atoms with E-state index in [4.69, 9.17) is 4.74 Å². The number of ether oxygens (including phenoxy) is 1. The number of esters is 1. The van der Waals surface area contributed by atoms with Crippen LogP contribution in [0.25, 0.3) is 0 Å². The normalized spacial score (nSPS) is 18.9. The molecule has 1 N–H and O–H groups in total. The van der Waals surface area contributed by atoms with Crippen molar-refractivity contribution in [1.82, 2.24) is 25.0 Å². The first-order valence-corrected chi connectivity index (χ1v) is 10.7. The number of methoxy groups -OCH3 is 1. The number of carbonyl (C=O) groups is 2. The summed E-state index contributed by atoms with van der Waals surface area (Å²) in [7, 11) is 1.36. The van der Waals surface area contributed by atoms with Crippen LogP contribution in [0.15, 0.2) is 65.7 Å². The van der Waals surface area contributed by atoms with Crippen LogP contribution in [-0.2, 0) is 16.1 Å². The van der Waals surface area contributed by atoms with Gasteiger partial charge in [-0.15, -0.1) is 16.8 Å². The van der Waals surface area contributed by atoms with E-state index < -0.39 is 12.0 Å². The van der Waals surface area contributed by atoms with Crippen LogP contribution in [0.1, 0.15) is 24.4 Å². The molecule has 4 rings (SSSR count). The van der Waals surface area contributed by atoms with Crippen molar-refractivity contribution in [2.24, 2.45) is 0 Å². The number of thioether (sulfide) groups is 1. The van der Waals surface area contributed by atoms with Crippen LogP contribution in [0.3, 0.4) is 0 Å². The average Bonchev–Trinajstić information content (AvgIpc) is 3.51. The Balaban J connectivity index is 1.75. The number of hydrogen-bond acceptors (Lipinski definition) is 6. The Morgan fingerprint density at radius 2 is 2.13 bits per heavy atom. The molecule has 2 heterocycles. The zero-order valence-electron chi connectivity index (χ0n) is 16.7. The molecule has 1 aliphatic carbocycles. The van der Waals surface area contributed by atoms with E-state index in [9.17, 15) is 9.59 Å². The number of nitrogens with zero attached hydrogens (tertiary/aromatic N) is 4. The molecule has 0 saturated heterocycles. The molecule has 156 valence electrons. The lowest BCUT2D eigenvalue weighted by atomic mass is 9.95. The Kier molecular flexibility index (Phi) is 5.89. The number of allylic oxidation sites excluding steroid dienone is 1. The Bertz CT molecular complexity index is 984. The van der Waals surface area contributed by atoms with E-state index in [0.717, 1.165) is 18.4 Å². The van der Waals surface area contributed by atoms with Gasteiger partial charge < -0.3 is 14.6 Å². The number of carbonyl (C=O) groups excluding carboxylic acids is 2. The van der Waals surface area contributed by atoms with E-state index in [1.807, 2.05) is 34.9 Å². The van der Waals surface area contributed by atoms with E-state index in [1.165, 1.54) is 18.9 Å². The summed E-state index contributed by atoms with van der Waals surface area (Å²) in [5.74, 6) is -0.0503. The number of aromatic nitrogens is 3. The minimum absolute atomic E-state index is 0.100. The van der Waals surface area contributed by atoms with Crippen molar-refractivity contribution in [2.45, 2.75) is 36.6 Å². The number of urea groups is 1. The lowest BCUT2D eigenvalue weighted by molar-refractivity contribution is -0.136. The van der Waals surface area contributed by atoms with Gasteiger partial charge >= 0.3 is 12.0 Å². The van der Waals surface area contributed by atoms with Gasteiger partial charge in [0, 0.05) is 24.0 Å². The molecule has 0 radical (unpaired) electrons. The maximum Gasteiger partial charge on any atom is 0.338 e. The Labute approximate surface area is 179 Å². The molecule has 1 saturated carbocycles. The molecule has 0 bridgehead atoms. The molecule has 1 fully saturated rings. The van der Waals surface area contributed by atoms with Crippen LogP contribution in [0.5, 0.6) is 0 Å². The first-order valence-electron chi connectivity index (χ1n) is 9.71. The largest absolute Gasteiger partial charge is 0.466 e. The highest BCUT2D eigenvalue weighted by molar-refractivity contribution is 7.99. The maximum absolute atomic E-state index is 13.0. The first-order chi connectivity index (χ1) is 14.6. The lowest BCUT2D eigenvalue weighted by Gasteiger charge is -2.36. The van der Waals surface area contributed by atoms with Crippen LogP contribution in [-0.4, -0.2) is 50.6 Å². The Morgan fingerprint density at radius 1 is 1.37 bits per heavy atom. The van der Waals surface area contributed by atoms with Crippen molar-refractivity contribution in [1.29, 1.82) is 0 Å². The summed E-state index contributed by atoms with van der Waals surface area (Å²) in [5, 5.41) is 11.8. The van der Waals surface area contributed by atoms with E-state index in [1.54, 1.807) is 17.3 Å². The highest BCUT2D eigenvalue weighted by atomic mass is 32.2. The van der Waals surface area contributed by atoms with Crippen molar-refractivity contribution in [3.8, 4) is 0 Å². The van der Waals surface area contributed by atoms with Gasteiger partial charge in [0.05, 0.1) is 18.7 Å². The highest BCUT2D eigenvalue weighted by Crippen LogP contribution is 2.39. The van der Waals surface area contributed by atoms with E-state index in [0.29, 0.717) is 28.7 Å². The number of rotatable bonds is 8. The summed E-state index contributed by atoms with van der Waals surface area (Å²) < 4.78 is 6.99. The topological polar surface area (TPSA) is 89.4 Å². The predicted molar refractivity (Wildman–Crippen MR) is 113 cm³/mol. The monoisotopic (exact) mass is 425 g/mol. The van der Waals surface area contributed by atoms with E-state index in [-0.39, 0.29) is 12.1 Å². The summed E-state index contributed by atoms with van der Waals surface area (Å²) in [6, 6.07) is 8.80. The molecule has 1 aliphatic heterocycles. The molecule has 8 nitrogen and oxygen atoms in total. The van der Waals surface area contributed by atoms with Gasteiger partial charge in [-0.05, 0) is 18.4 Å². The molecule has 2 aromatic rings. The summed E-state index contributed by atoms with van der Waals surface area (Å²) in [6.45, 7) is 4.33. The molecule has 1 aromatic carbocycles. The van der Waals surface area contributed by atoms with Gasteiger partial charge in [-0.3, -0.25) is 4.90 Å². The van der Waals surface area contributed by atoms with Gasteiger partial charge in [0.2, 0.25) is 0 Å². The highest BCUT2D eigenvalue weighted by Gasteiger charge is 2.44. The lowest BCUT2D eigenvalue weighted by Crippen LogP contribution is -2.50. The molecule has 9 heteroatoms. The molecular weight excluding hydrogens is 402 g/mol. The third kappa shape index (κ3) is 3.97. The molecule has 1 atom stereocenters. The van der Waals surface area contributed by atoms with E-state index >= 15 is 0 Å². The number of benzene rings is 1. The van der Waals surface area contributed by atoms with Crippen molar-refractivity contribution < 1.29 is 14.3 Å². The van der Waals surface area contributed by atoms with Crippen LogP contribution >= 0.6 is 11.8 Å². The number of amides is 2. The van der Waals surface area contributed by atoms with Crippen LogP contribution in [0.4, 0.5) is 4.79 Å². The predicted octanol–water partition coefficient (Wildman–Crippen LogP) is 2.91. The number of hydrogen-bond donors (Lipinski definition) is 1. The van der Waals surface area contributed by atoms with Crippen molar-refractivity contribution in [3.63, 3.8) is 0 Å². The van der Waals surface area contributed by atoms with Gasteiger partial charge in [0.25, 0.3) is 0 Å². The maximum atomic E-state index is 13.0. The van der Waals surface area contributed by atoms with E-state index in [2.05, 4.69) is 22.1 Å². The second kappa shape index (κ2) is 8.74. The fraction of sp³-hybridized carbons (Fsp3) is 0.333. The summed E-state index contributed by atoms with van der Waals surface area (Å²) in [6.07, 6.45) is 5.23. The second-order valence-electron chi connectivity index (χ2n) is 7.09. The van der Waals surface area contributed by atoms with Crippen LogP contribution < -0.4 is 5.32 Å². The Morgan fingerprint density at radius 3 is 2.80 bits per heavy atom. The summed E-state index contributed by atoms with van der Waals surface area (Å²) in [5.41, 5.74) is 1.96. The summed E-state index contributed by atoms with van der Waals surface area (Å²) >= 11 is 1.43. The molecule has 1 aromatic heterocycles. The summed E-state index contributed by atoms with van der Waals surface area (Å²) in [4.78, 5) is 27.6. The fourth-order valence-corrected chi connectivity index (χ4v) is 4.50. The van der Waals surface area contributed by atoms with Crippen molar-refractivity contribution >= 4 is 23.8 Å². The standard InChI is InChI=1S/C21H23N5O3S/c1-3-11-25-13-22-24-21(25)30-12-16-17(19(27)29-2)18(14-7-5-4-6-8-14)23-20(28)26(16)15-9-10-15/h3-8,13,15,18H,1,9-12H2,2H3,(H,23,28)/t18-/m1/s1. The molecule has 2 amide bonds. The molecular formula is C21H23N5O3S. The first kappa shape index (κ1) is 20.2. The fourth-order valence-electron chi connectivity index (χ4n) is 3.54. The average molecular weight is 426 g/mol.